The molecule has 0 spiro atoms. The molecule has 3 N–H and O–H groups in total. The van der Waals surface area contributed by atoms with Gasteiger partial charge in [0.1, 0.15) is 0 Å². The van der Waals surface area contributed by atoms with E-state index in [4.69, 9.17) is 0 Å². The van der Waals surface area contributed by atoms with Gasteiger partial charge in [0.25, 0.3) is 0 Å². The Balaban J connectivity index is 0.000000160. The number of allylic oxidation sites excluding steroid dienone is 1. The lowest BCUT2D eigenvalue weighted by molar-refractivity contribution is 0.00520. The Morgan fingerprint density at radius 3 is 0.936 bits per heavy atom. The molecule has 0 aromatic carbocycles. The number of hydrogen-bond acceptors (Lipinski definition) is 3. The smallest absolute Gasteiger partial charge is 0.0576 e. The van der Waals surface area contributed by atoms with E-state index in [0.717, 1.165) is 66.6 Å². The van der Waals surface area contributed by atoms with Crippen LogP contribution in [0.4, 0.5) is 0 Å². The van der Waals surface area contributed by atoms with Crippen molar-refractivity contribution >= 4 is 0 Å². The summed E-state index contributed by atoms with van der Waals surface area (Å²) in [6.07, 6.45) is 27.2. The van der Waals surface area contributed by atoms with Gasteiger partial charge in [-0.3, -0.25) is 0 Å². The van der Waals surface area contributed by atoms with Gasteiger partial charge in [0.15, 0.2) is 0 Å². The fourth-order valence-electron chi connectivity index (χ4n) is 11.2. The molecule has 0 aromatic rings. The third kappa shape index (κ3) is 12.1. The number of rotatable bonds is 4. The normalized spacial score (nSPS) is 46.2. The molecule has 9 atom stereocenters. The predicted octanol–water partition coefficient (Wildman–Crippen LogP) is 11.4. The van der Waals surface area contributed by atoms with Crippen molar-refractivity contribution in [3.05, 3.63) is 12.2 Å². The predicted molar refractivity (Wildman–Crippen MR) is 200 cm³/mol. The van der Waals surface area contributed by atoms with Gasteiger partial charge in [0.05, 0.1) is 18.3 Å². The highest BCUT2D eigenvalue weighted by Gasteiger charge is 2.37. The summed E-state index contributed by atoms with van der Waals surface area (Å²) < 4.78 is 0. The van der Waals surface area contributed by atoms with Gasteiger partial charge >= 0.3 is 0 Å². The van der Waals surface area contributed by atoms with Gasteiger partial charge in [-0.2, -0.15) is 0 Å². The molecule has 0 saturated heterocycles. The van der Waals surface area contributed by atoms with Crippen LogP contribution in [0.3, 0.4) is 0 Å². The standard InChI is InChI=1S/C16H28O.2C14H26O/c1-11(2)14-8-9-15(16(17)10-14)13-6-4-12(3)5-7-13;2*1-10-3-6-12(7-4-10)13-8-5-11(2)9-14(13)15/h12-17H,1,4-10H2,2-3H3;2*10-15H,3-9H2,1-2H3. The summed E-state index contributed by atoms with van der Waals surface area (Å²) in [7, 11) is 0. The third-order valence-corrected chi connectivity index (χ3v) is 14.8. The summed E-state index contributed by atoms with van der Waals surface area (Å²) in [6, 6.07) is 0. The minimum atomic E-state index is -0.0659. The average molecular weight is 657 g/mol. The Morgan fingerprint density at radius 1 is 0.383 bits per heavy atom. The molecule has 0 aliphatic heterocycles. The summed E-state index contributed by atoms with van der Waals surface area (Å²) in [5.74, 6) is 9.17. The summed E-state index contributed by atoms with van der Waals surface area (Å²) >= 11 is 0. The molecule has 0 aromatic heterocycles. The largest absolute Gasteiger partial charge is 0.393 e. The molecule has 6 rings (SSSR count). The molecule has 6 aliphatic carbocycles. The molecule has 3 nitrogen and oxygen atoms in total. The van der Waals surface area contributed by atoms with Gasteiger partial charge in [0, 0.05) is 0 Å². The fraction of sp³-hybridized carbons (Fsp3) is 0.955. The lowest BCUT2D eigenvalue weighted by Gasteiger charge is -2.40. The molecule has 0 bridgehead atoms. The van der Waals surface area contributed by atoms with Gasteiger partial charge in [-0.1, -0.05) is 98.1 Å². The van der Waals surface area contributed by atoms with Crippen LogP contribution >= 0.6 is 0 Å². The van der Waals surface area contributed by atoms with Crippen molar-refractivity contribution in [2.24, 2.45) is 71.0 Å². The second kappa shape index (κ2) is 19.3. The van der Waals surface area contributed by atoms with Crippen LogP contribution in [-0.2, 0) is 0 Å². The number of aliphatic hydroxyl groups is 3. The van der Waals surface area contributed by atoms with Gasteiger partial charge in [-0.05, 0) is 161 Å². The number of hydrogen-bond donors (Lipinski definition) is 3. The quantitative estimate of drug-likeness (QED) is 0.264. The number of aliphatic hydroxyl groups excluding tert-OH is 3. The SMILES string of the molecule is C=C(C)C1CCC(C2CCC(C)CC2)C(O)C1.CC1CCC(C2CCC(C)CC2O)CC1.CC1CCC(C2CCC(C)CC2O)CC1. The van der Waals surface area contributed by atoms with Crippen LogP contribution in [0.15, 0.2) is 12.2 Å². The van der Waals surface area contributed by atoms with E-state index in [0.29, 0.717) is 23.7 Å². The van der Waals surface area contributed by atoms with E-state index >= 15 is 0 Å². The zero-order valence-corrected chi connectivity index (χ0v) is 32.1. The molecule has 0 amide bonds. The lowest BCUT2D eigenvalue weighted by Crippen LogP contribution is -2.36. The molecule has 6 saturated carbocycles. The van der Waals surface area contributed by atoms with Crippen LogP contribution in [0.2, 0.25) is 0 Å². The first-order valence-corrected chi connectivity index (χ1v) is 21.1. The van der Waals surface area contributed by atoms with Crippen molar-refractivity contribution in [3.8, 4) is 0 Å². The Morgan fingerprint density at radius 2 is 0.660 bits per heavy atom. The second-order valence-electron chi connectivity index (χ2n) is 18.9. The van der Waals surface area contributed by atoms with Crippen LogP contribution in [0.5, 0.6) is 0 Å². The van der Waals surface area contributed by atoms with Crippen LogP contribution < -0.4 is 0 Å². The van der Waals surface area contributed by atoms with E-state index in [1.54, 1.807) is 0 Å². The molecule has 0 radical (unpaired) electrons. The molecule has 3 heteroatoms. The van der Waals surface area contributed by atoms with Crippen molar-refractivity contribution in [3.63, 3.8) is 0 Å². The van der Waals surface area contributed by atoms with Crippen LogP contribution in [-0.4, -0.2) is 33.6 Å². The Labute approximate surface area is 292 Å². The second-order valence-corrected chi connectivity index (χ2v) is 18.9. The highest BCUT2D eigenvalue weighted by molar-refractivity contribution is 5.01. The fourth-order valence-corrected chi connectivity index (χ4v) is 11.2. The van der Waals surface area contributed by atoms with E-state index in [2.05, 4.69) is 48.1 Å². The van der Waals surface area contributed by atoms with Crippen molar-refractivity contribution in [2.75, 3.05) is 0 Å². The van der Waals surface area contributed by atoms with Gasteiger partial charge in [-0.25, -0.2) is 0 Å². The van der Waals surface area contributed by atoms with E-state index in [9.17, 15) is 15.3 Å². The molecule has 6 aliphatic rings. The first-order valence-electron chi connectivity index (χ1n) is 21.1. The minimum Gasteiger partial charge on any atom is -0.393 e. The van der Waals surface area contributed by atoms with Gasteiger partial charge in [-0.15, -0.1) is 0 Å². The van der Waals surface area contributed by atoms with Crippen molar-refractivity contribution in [1.29, 1.82) is 0 Å². The average Bonchev–Trinajstić information content (AvgIpc) is 3.03. The summed E-state index contributed by atoms with van der Waals surface area (Å²) in [5.41, 5.74) is 1.26. The zero-order valence-electron chi connectivity index (χ0n) is 32.1. The highest BCUT2D eigenvalue weighted by atomic mass is 16.3. The van der Waals surface area contributed by atoms with E-state index in [1.165, 1.54) is 121 Å². The first-order chi connectivity index (χ1) is 22.4. The molecule has 274 valence electrons. The van der Waals surface area contributed by atoms with Crippen molar-refractivity contribution < 1.29 is 15.3 Å². The van der Waals surface area contributed by atoms with E-state index in [1.807, 2.05) is 0 Å². The Bertz CT molecular complexity index is 833. The maximum Gasteiger partial charge on any atom is 0.0576 e. The van der Waals surface area contributed by atoms with Gasteiger partial charge in [0.2, 0.25) is 0 Å². The highest BCUT2D eigenvalue weighted by Crippen LogP contribution is 2.44. The molecule has 47 heavy (non-hydrogen) atoms. The summed E-state index contributed by atoms with van der Waals surface area (Å²) in [5, 5.41) is 30.7. The van der Waals surface area contributed by atoms with Crippen molar-refractivity contribution in [1.82, 2.24) is 0 Å². The van der Waals surface area contributed by atoms with E-state index < -0.39 is 0 Å². The molecular formula is C44H80O3. The molecule has 6 fully saturated rings. The zero-order chi connectivity index (χ0) is 34.1. The first kappa shape index (κ1) is 39.4. The third-order valence-electron chi connectivity index (χ3n) is 14.8. The maximum atomic E-state index is 10.4. The summed E-state index contributed by atoms with van der Waals surface area (Å²) in [4.78, 5) is 0. The van der Waals surface area contributed by atoms with Crippen molar-refractivity contribution in [2.45, 2.75) is 195 Å². The van der Waals surface area contributed by atoms with Crippen LogP contribution in [0.1, 0.15) is 176 Å². The lowest BCUT2D eigenvalue weighted by atomic mass is 9.67. The van der Waals surface area contributed by atoms with Crippen LogP contribution in [0, 0.1) is 71.0 Å². The summed E-state index contributed by atoms with van der Waals surface area (Å²) in [6.45, 7) is 17.8. The van der Waals surface area contributed by atoms with Gasteiger partial charge < -0.3 is 15.3 Å². The molecule has 0 heterocycles. The Kier molecular flexibility index (Phi) is 16.2. The maximum absolute atomic E-state index is 10.4. The minimum absolute atomic E-state index is 0.00663. The van der Waals surface area contributed by atoms with Crippen LogP contribution in [0.25, 0.3) is 0 Å². The molecule has 9 unspecified atom stereocenters. The van der Waals surface area contributed by atoms with E-state index in [-0.39, 0.29) is 18.3 Å². The molecular weight excluding hydrogens is 576 g/mol. The topological polar surface area (TPSA) is 60.7 Å². The monoisotopic (exact) mass is 657 g/mol. The Hall–Kier alpha value is -0.380.